The first-order valence-electron chi connectivity index (χ1n) is 5.00. The van der Waals surface area contributed by atoms with Crippen molar-refractivity contribution in [3.63, 3.8) is 0 Å². The van der Waals surface area contributed by atoms with Crippen molar-refractivity contribution in [2.24, 2.45) is 0 Å². The van der Waals surface area contributed by atoms with Gasteiger partial charge in [0.2, 0.25) is 5.60 Å². The Morgan fingerprint density at radius 2 is 1.76 bits per heavy atom. The first-order chi connectivity index (χ1) is 7.60. The zero-order valence-electron chi connectivity index (χ0n) is 10.7. The van der Waals surface area contributed by atoms with E-state index in [0.717, 1.165) is 0 Å². The van der Waals surface area contributed by atoms with Gasteiger partial charge in [-0.25, -0.2) is 9.59 Å². The minimum atomic E-state index is -1.66. The SMILES string of the molecule is COC[C@@](C)(ONC(=O)OC(C)(C)C)C(=O)O. The highest BCUT2D eigenvalue weighted by atomic mass is 16.7. The van der Waals surface area contributed by atoms with Crippen LogP contribution in [-0.2, 0) is 19.1 Å². The van der Waals surface area contributed by atoms with Crippen LogP contribution in [0.5, 0.6) is 0 Å². The lowest BCUT2D eigenvalue weighted by molar-refractivity contribution is -0.180. The molecule has 17 heavy (non-hydrogen) atoms. The molecular weight excluding hydrogens is 230 g/mol. The Kier molecular flexibility index (Phi) is 5.37. The van der Waals surface area contributed by atoms with Crippen LogP contribution in [0, 0.1) is 0 Å². The number of methoxy groups -OCH3 is 1. The minimum absolute atomic E-state index is 0.210. The van der Waals surface area contributed by atoms with E-state index in [4.69, 9.17) is 19.4 Å². The molecule has 0 heterocycles. The van der Waals surface area contributed by atoms with Gasteiger partial charge < -0.3 is 14.6 Å². The van der Waals surface area contributed by atoms with Crippen LogP contribution < -0.4 is 5.48 Å². The number of carbonyl (C=O) groups excluding carboxylic acids is 1. The van der Waals surface area contributed by atoms with Crippen LogP contribution in [0.3, 0.4) is 0 Å². The molecule has 0 saturated carbocycles. The number of hydroxylamine groups is 1. The third-order valence-electron chi connectivity index (χ3n) is 1.63. The van der Waals surface area contributed by atoms with Crippen LogP contribution in [0.25, 0.3) is 0 Å². The molecule has 0 bridgehead atoms. The van der Waals surface area contributed by atoms with E-state index in [1.54, 1.807) is 20.8 Å². The van der Waals surface area contributed by atoms with Gasteiger partial charge in [0.25, 0.3) is 0 Å². The van der Waals surface area contributed by atoms with Gasteiger partial charge in [0.1, 0.15) is 5.60 Å². The Hall–Kier alpha value is -1.34. The molecule has 0 fully saturated rings. The lowest BCUT2D eigenvalue weighted by Crippen LogP contribution is -2.48. The van der Waals surface area contributed by atoms with Gasteiger partial charge in [0, 0.05) is 7.11 Å². The van der Waals surface area contributed by atoms with Gasteiger partial charge in [0.05, 0.1) is 6.61 Å². The van der Waals surface area contributed by atoms with Crippen molar-refractivity contribution in [2.75, 3.05) is 13.7 Å². The average molecular weight is 249 g/mol. The molecule has 1 amide bonds. The smallest absolute Gasteiger partial charge is 0.431 e. The molecule has 1 atom stereocenters. The molecule has 0 spiro atoms. The van der Waals surface area contributed by atoms with Crippen molar-refractivity contribution in [3.05, 3.63) is 0 Å². The summed E-state index contributed by atoms with van der Waals surface area (Å²) in [4.78, 5) is 26.9. The van der Waals surface area contributed by atoms with Gasteiger partial charge >= 0.3 is 12.1 Å². The van der Waals surface area contributed by atoms with E-state index < -0.39 is 23.3 Å². The predicted octanol–water partition coefficient (Wildman–Crippen LogP) is 0.932. The molecular formula is C10H19NO6. The van der Waals surface area contributed by atoms with E-state index in [0.29, 0.717) is 0 Å². The number of nitrogens with one attached hydrogen (secondary N) is 1. The number of carboxylic acids is 1. The van der Waals surface area contributed by atoms with E-state index in [9.17, 15) is 9.59 Å². The van der Waals surface area contributed by atoms with Gasteiger partial charge in [-0.05, 0) is 27.7 Å². The number of carboxylic acid groups (broad SMARTS) is 1. The van der Waals surface area contributed by atoms with Crippen LogP contribution in [0.2, 0.25) is 0 Å². The van der Waals surface area contributed by atoms with Crippen molar-refractivity contribution in [3.8, 4) is 0 Å². The van der Waals surface area contributed by atoms with Crippen LogP contribution in [0.4, 0.5) is 4.79 Å². The second-order valence-corrected chi connectivity index (χ2v) is 4.68. The van der Waals surface area contributed by atoms with E-state index in [1.807, 2.05) is 5.48 Å². The second kappa shape index (κ2) is 5.83. The summed E-state index contributed by atoms with van der Waals surface area (Å²) in [5.74, 6) is -1.25. The summed E-state index contributed by atoms with van der Waals surface area (Å²) >= 11 is 0. The number of aliphatic carboxylic acids is 1. The molecule has 2 N–H and O–H groups in total. The quantitative estimate of drug-likeness (QED) is 0.704. The molecule has 0 radical (unpaired) electrons. The van der Waals surface area contributed by atoms with E-state index in [2.05, 4.69) is 0 Å². The molecule has 0 aliphatic rings. The summed E-state index contributed by atoms with van der Waals surface area (Å²) in [5.41, 5.74) is -0.423. The monoisotopic (exact) mass is 249 g/mol. The van der Waals surface area contributed by atoms with Crippen LogP contribution in [-0.4, -0.2) is 42.1 Å². The molecule has 0 saturated heterocycles. The van der Waals surface area contributed by atoms with E-state index >= 15 is 0 Å². The largest absolute Gasteiger partial charge is 0.479 e. The lowest BCUT2D eigenvalue weighted by atomic mass is 10.1. The molecule has 7 nitrogen and oxygen atoms in total. The molecule has 0 aliphatic heterocycles. The number of rotatable bonds is 5. The van der Waals surface area contributed by atoms with E-state index in [1.165, 1.54) is 14.0 Å². The van der Waals surface area contributed by atoms with Gasteiger partial charge in [-0.1, -0.05) is 0 Å². The van der Waals surface area contributed by atoms with Crippen LogP contribution in [0.1, 0.15) is 27.7 Å². The molecule has 0 rings (SSSR count). The number of carbonyl (C=O) groups is 2. The Morgan fingerprint density at radius 3 is 2.12 bits per heavy atom. The van der Waals surface area contributed by atoms with Crippen molar-refractivity contribution in [2.45, 2.75) is 38.9 Å². The highest BCUT2D eigenvalue weighted by Crippen LogP contribution is 2.11. The van der Waals surface area contributed by atoms with Crippen molar-refractivity contribution in [1.29, 1.82) is 0 Å². The Morgan fingerprint density at radius 1 is 1.24 bits per heavy atom. The van der Waals surface area contributed by atoms with Gasteiger partial charge in [0.15, 0.2) is 0 Å². The Labute approximate surface area is 100.0 Å². The molecule has 0 aromatic heterocycles. The number of hydrogen-bond donors (Lipinski definition) is 2. The number of amides is 1. The maximum atomic E-state index is 11.2. The molecule has 7 heteroatoms. The zero-order valence-corrected chi connectivity index (χ0v) is 10.7. The topological polar surface area (TPSA) is 94.1 Å². The van der Waals surface area contributed by atoms with Crippen LogP contribution in [0.15, 0.2) is 0 Å². The fourth-order valence-corrected chi connectivity index (χ4v) is 0.864. The third-order valence-corrected chi connectivity index (χ3v) is 1.63. The van der Waals surface area contributed by atoms with Crippen molar-refractivity contribution in [1.82, 2.24) is 5.48 Å². The Bertz CT molecular complexity index is 285. The molecule has 0 unspecified atom stereocenters. The molecule has 100 valence electrons. The van der Waals surface area contributed by atoms with Crippen LogP contribution >= 0.6 is 0 Å². The normalized spacial score (nSPS) is 14.9. The van der Waals surface area contributed by atoms with Crippen molar-refractivity contribution >= 4 is 12.1 Å². The summed E-state index contributed by atoms with van der Waals surface area (Å²) in [6.07, 6.45) is -0.860. The highest BCUT2D eigenvalue weighted by Gasteiger charge is 2.36. The third kappa shape index (κ3) is 6.08. The fraction of sp³-hybridized carbons (Fsp3) is 0.800. The summed E-state index contributed by atoms with van der Waals surface area (Å²) in [5, 5.41) is 8.91. The zero-order chi connectivity index (χ0) is 13.7. The second-order valence-electron chi connectivity index (χ2n) is 4.68. The predicted molar refractivity (Wildman–Crippen MR) is 58.4 cm³/mol. The summed E-state index contributed by atoms with van der Waals surface area (Å²) in [6.45, 7) is 6.10. The van der Waals surface area contributed by atoms with Gasteiger partial charge in [-0.15, -0.1) is 0 Å². The maximum absolute atomic E-state index is 11.2. The molecule has 0 aliphatic carbocycles. The fourth-order valence-electron chi connectivity index (χ4n) is 0.864. The molecule has 0 aromatic rings. The first-order valence-corrected chi connectivity index (χ1v) is 5.00. The lowest BCUT2D eigenvalue weighted by Gasteiger charge is -2.25. The average Bonchev–Trinajstić information content (AvgIpc) is 2.12. The summed E-state index contributed by atoms with van der Waals surface area (Å²) in [7, 11) is 1.33. The molecule has 0 aromatic carbocycles. The highest BCUT2D eigenvalue weighted by molar-refractivity contribution is 5.77. The minimum Gasteiger partial charge on any atom is -0.479 e. The number of hydrogen-bond acceptors (Lipinski definition) is 5. The maximum Gasteiger partial charge on any atom is 0.431 e. The first kappa shape index (κ1) is 15.7. The Balaban J connectivity index is 4.33. The summed E-state index contributed by atoms with van der Waals surface area (Å²) < 4.78 is 9.59. The van der Waals surface area contributed by atoms with Crippen molar-refractivity contribution < 1.29 is 29.0 Å². The number of ether oxygens (including phenoxy) is 2. The standard InChI is InChI=1S/C10H19NO6/c1-9(2,3)16-8(14)11-17-10(4,6-15-5)7(12)13/h6H2,1-5H3,(H,11,14)(H,12,13)/t10-/m1/s1. The van der Waals surface area contributed by atoms with Gasteiger partial charge in [-0.2, -0.15) is 5.48 Å². The van der Waals surface area contributed by atoms with E-state index in [-0.39, 0.29) is 6.61 Å². The van der Waals surface area contributed by atoms with Gasteiger partial charge in [-0.3, -0.25) is 4.84 Å². The summed E-state index contributed by atoms with van der Waals surface area (Å²) in [6, 6.07) is 0.